The highest BCUT2D eigenvalue weighted by atomic mass is 19.4. The van der Waals surface area contributed by atoms with Gasteiger partial charge in [0.1, 0.15) is 23.7 Å². The van der Waals surface area contributed by atoms with Gasteiger partial charge in [-0.05, 0) is 46.6 Å². The molecule has 2 aromatic rings. The van der Waals surface area contributed by atoms with Gasteiger partial charge in [-0.25, -0.2) is 24.5 Å². The van der Waals surface area contributed by atoms with Gasteiger partial charge in [-0.2, -0.15) is 13.2 Å². The van der Waals surface area contributed by atoms with E-state index in [1.54, 1.807) is 38.8 Å². The van der Waals surface area contributed by atoms with E-state index in [1.807, 2.05) is 0 Å². The predicted octanol–water partition coefficient (Wildman–Crippen LogP) is 4.33. The van der Waals surface area contributed by atoms with Crippen molar-refractivity contribution in [1.82, 2.24) is 25.2 Å². The first-order chi connectivity index (χ1) is 17.8. The number of carbonyl (C=O) groups is 2. The van der Waals surface area contributed by atoms with Gasteiger partial charge in [-0.15, -0.1) is 0 Å². The van der Waals surface area contributed by atoms with E-state index in [4.69, 9.17) is 14.2 Å². The molecule has 2 aromatic heterocycles. The number of aromatic nitrogens is 3. The Balaban J connectivity index is 1.57. The van der Waals surface area contributed by atoms with Crippen LogP contribution in [-0.4, -0.2) is 63.9 Å². The first-order valence-electron chi connectivity index (χ1n) is 12.2. The molecular weight excluding hydrogens is 507 g/mol. The van der Waals surface area contributed by atoms with Crippen LogP contribution in [0.4, 0.5) is 22.8 Å². The maximum absolute atomic E-state index is 13.1. The lowest BCUT2D eigenvalue weighted by Crippen LogP contribution is -2.43. The Morgan fingerprint density at radius 1 is 1.21 bits per heavy atom. The highest BCUT2D eigenvalue weighted by molar-refractivity contribution is 5.71. The van der Waals surface area contributed by atoms with Crippen LogP contribution in [0, 0.1) is 6.92 Å². The number of hydrogen-bond donors (Lipinski definition) is 1. The lowest BCUT2D eigenvalue weighted by molar-refractivity contribution is -0.141. The molecule has 1 atom stereocenters. The van der Waals surface area contributed by atoms with E-state index in [1.165, 1.54) is 12.1 Å². The van der Waals surface area contributed by atoms with Crippen molar-refractivity contribution in [2.75, 3.05) is 26.2 Å². The number of pyridine rings is 1. The van der Waals surface area contributed by atoms with Crippen LogP contribution in [0.15, 0.2) is 24.4 Å². The van der Waals surface area contributed by atoms with Gasteiger partial charge in [0.25, 0.3) is 0 Å². The van der Waals surface area contributed by atoms with E-state index in [2.05, 4.69) is 20.3 Å². The molecule has 2 fully saturated rings. The van der Waals surface area contributed by atoms with Crippen LogP contribution in [0.2, 0.25) is 0 Å². The third-order valence-corrected chi connectivity index (χ3v) is 6.24. The summed E-state index contributed by atoms with van der Waals surface area (Å²) in [6, 6.07) is 3.33. The highest BCUT2D eigenvalue weighted by Gasteiger charge is 2.47. The maximum Gasteiger partial charge on any atom is 0.433 e. The fourth-order valence-corrected chi connectivity index (χ4v) is 4.43. The number of alkyl carbamates (subject to hydrolysis) is 1. The van der Waals surface area contributed by atoms with Crippen LogP contribution in [0.25, 0.3) is 0 Å². The number of likely N-dealkylation sites (tertiary alicyclic amines) is 1. The van der Waals surface area contributed by atoms with Gasteiger partial charge >= 0.3 is 18.4 Å². The molecule has 2 amide bonds. The second kappa shape index (κ2) is 10.3. The molecule has 0 aromatic carbocycles. The zero-order valence-corrected chi connectivity index (χ0v) is 21.6. The Labute approximate surface area is 217 Å². The summed E-state index contributed by atoms with van der Waals surface area (Å²) < 4.78 is 56.1. The fourth-order valence-electron chi connectivity index (χ4n) is 4.43. The summed E-state index contributed by atoms with van der Waals surface area (Å²) in [5.41, 5.74) is -1.96. The molecular formula is C25H30F3N5O5. The van der Waals surface area contributed by atoms with Crippen LogP contribution in [0.3, 0.4) is 0 Å². The second-order valence-corrected chi connectivity index (χ2v) is 10.3. The van der Waals surface area contributed by atoms with E-state index < -0.39 is 29.2 Å². The lowest BCUT2D eigenvalue weighted by atomic mass is 9.85. The van der Waals surface area contributed by atoms with Crippen molar-refractivity contribution in [3.8, 4) is 5.88 Å². The molecule has 1 N–H and O–H groups in total. The number of cyclic esters (lactones) is 1. The van der Waals surface area contributed by atoms with Crippen LogP contribution in [-0.2, 0) is 21.3 Å². The topological polar surface area (TPSA) is 116 Å². The van der Waals surface area contributed by atoms with E-state index in [0.717, 1.165) is 6.07 Å². The molecule has 0 aliphatic carbocycles. The molecule has 206 valence electrons. The van der Waals surface area contributed by atoms with Crippen molar-refractivity contribution < 1.29 is 37.0 Å². The lowest BCUT2D eigenvalue weighted by Gasteiger charge is -2.35. The molecule has 13 heteroatoms. The van der Waals surface area contributed by atoms with Gasteiger partial charge in [0.2, 0.25) is 5.88 Å². The average Bonchev–Trinajstić information content (AvgIpc) is 3.23. The molecule has 0 saturated carbocycles. The van der Waals surface area contributed by atoms with E-state index in [-0.39, 0.29) is 31.0 Å². The van der Waals surface area contributed by atoms with Crippen LogP contribution < -0.4 is 10.1 Å². The molecule has 4 rings (SSSR count). The number of halogens is 3. The molecule has 2 aliphatic heterocycles. The van der Waals surface area contributed by atoms with Gasteiger partial charge in [-0.1, -0.05) is 6.07 Å². The molecule has 2 saturated heterocycles. The van der Waals surface area contributed by atoms with E-state index >= 15 is 0 Å². The smallest absolute Gasteiger partial charge is 0.433 e. The van der Waals surface area contributed by atoms with Crippen LogP contribution in [0.5, 0.6) is 5.88 Å². The molecule has 10 nitrogen and oxygen atoms in total. The monoisotopic (exact) mass is 537 g/mol. The minimum absolute atomic E-state index is 0.000962. The number of aryl methyl sites for hydroxylation is 1. The quantitative estimate of drug-likeness (QED) is 0.600. The van der Waals surface area contributed by atoms with Crippen molar-refractivity contribution in [2.24, 2.45) is 0 Å². The summed E-state index contributed by atoms with van der Waals surface area (Å²) in [4.78, 5) is 38.8. The Kier molecular flexibility index (Phi) is 7.39. The molecule has 0 radical (unpaired) electrons. The van der Waals surface area contributed by atoms with Crippen molar-refractivity contribution >= 4 is 12.2 Å². The van der Waals surface area contributed by atoms with Gasteiger partial charge in [0.05, 0.1) is 12.2 Å². The van der Waals surface area contributed by atoms with Gasteiger partial charge in [0, 0.05) is 36.8 Å². The van der Waals surface area contributed by atoms with Gasteiger partial charge < -0.3 is 24.4 Å². The molecule has 2 aliphatic rings. The summed E-state index contributed by atoms with van der Waals surface area (Å²) in [7, 11) is 0. The van der Waals surface area contributed by atoms with Crippen molar-refractivity contribution in [2.45, 2.75) is 63.8 Å². The third kappa shape index (κ3) is 6.25. The number of ether oxygens (including phenoxy) is 3. The number of alkyl halides is 3. The summed E-state index contributed by atoms with van der Waals surface area (Å²) in [5, 5.41) is 2.60. The number of carbonyl (C=O) groups excluding carboxylic acids is 2. The van der Waals surface area contributed by atoms with Crippen LogP contribution in [0.1, 0.15) is 62.3 Å². The minimum Gasteiger partial charge on any atom is -0.473 e. The number of rotatable bonds is 5. The Morgan fingerprint density at radius 3 is 2.53 bits per heavy atom. The first kappa shape index (κ1) is 27.4. The molecule has 0 bridgehead atoms. The van der Waals surface area contributed by atoms with E-state index in [0.29, 0.717) is 43.0 Å². The number of nitrogens with one attached hydrogen (secondary N) is 1. The Morgan fingerprint density at radius 2 is 1.92 bits per heavy atom. The molecule has 4 heterocycles. The van der Waals surface area contributed by atoms with Gasteiger partial charge in [0.15, 0.2) is 5.60 Å². The first-order valence-corrected chi connectivity index (χ1v) is 12.2. The van der Waals surface area contributed by atoms with Crippen molar-refractivity contribution in [1.29, 1.82) is 0 Å². The maximum atomic E-state index is 13.1. The SMILES string of the molecule is Cc1ncc(C2(COc3cccc(C(F)(F)F)n3)CNC(=O)O2)c(C2CCN(C(=O)OC(C)(C)C)CC2)n1. The minimum atomic E-state index is -4.63. The summed E-state index contributed by atoms with van der Waals surface area (Å²) in [6.45, 7) is 7.73. The normalized spacial score (nSPS) is 20.6. The number of amides is 2. The van der Waals surface area contributed by atoms with Crippen molar-refractivity contribution in [3.05, 3.63) is 47.2 Å². The highest BCUT2D eigenvalue weighted by Crippen LogP contribution is 2.38. The average molecular weight is 538 g/mol. The number of piperidine rings is 1. The standard InChI is InChI=1S/C25H30F3N5O5/c1-15-29-12-17(20(31-15)16-8-10-33(11-9-16)22(35)38-23(2,3)4)24(13-30-21(34)37-24)14-36-19-7-5-6-18(32-19)25(26,27)28/h5-7,12,16H,8-11,13-14H2,1-4H3,(H,30,34). The number of nitrogens with zero attached hydrogens (tertiary/aromatic N) is 4. The third-order valence-electron chi connectivity index (χ3n) is 6.24. The zero-order valence-electron chi connectivity index (χ0n) is 21.6. The molecule has 38 heavy (non-hydrogen) atoms. The number of hydrogen-bond acceptors (Lipinski definition) is 8. The second-order valence-electron chi connectivity index (χ2n) is 10.3. The van der Waals surface area contributed by atoms with Crippen LogP contribution >= 0.6 is 0 Å². The molecule has 0 spiro atoms. The zero-order chi connectivity index (χ0) is 27.7. The van der Waals surface area contributed by atoms with Gasteiger partial charge in [-0.3, -0.25) is 0 Å². The van der Waals surface area contributed by atoms with Crippen molar-refractivity contribution in [3.63, 3.8) is 0 Å². The fraction of sp³-hybridized carbons (Fsp3) is 0.560. The largest absolute Gasteiger partial charge is 0.473 e. The molecule has 1 unspecified atom stereocenters. The predicted molar refractivity (Wildman–Crippen MR) is 127 cm³/mol. The Bertz CT molecular complexity index is 1190. The Hall–Kier alpha value is -3.64. The summed E-state index contributed by atoms with van der Waals surface area (Å²) in [6.07, 6.45) is -3.00. The van der Waals surface area contributed by atoms with E-state index in [9.17, 15) is 22.8 Å². The summed E-state index contributed by atoms with van der Waals surface area (Å²) >= 11 is 0. The summed E-state index contributed by atoms with van der Waals surface area (Å²) in [5.74, 6) is 0.155.